The molecule has 3 aliphatic rings. The fraction of sp³-hybridized carbons (Fsp3) is 0.414. The van der Waals surface area contributed by atoms with Gasteiger partial charge in [-0.1, -0.05) is 29.8 Å². The van der Waals surface area contributed by atoms with Crippen LogP contribution >= 0.6 is 11.6 Å². The predicted molar refractivity (Wildman–Crippen MR) is 144 cm³/mol. The molecule has 2 saturated heterocycles. The van der Waals surface area contributed by atoms with Gasteiger partial charge in [0.05, 0.1) is 29.2 Å². The molecule has 1 saturated carbocycles. The Hall–Kier alpha value is -3.46. The lowest BCUT2D eigenvalue weighted by Crippen LogP contribution is -2.42. The number of amides is 3. The summed E-state index contributed by atoms with van der Waals surface area (Å²) in [6.07, 6.45) is 6.02. The first-order valence-corrected chi connectivity index (χ1v) is 13.9. The molecule has 3 heterocycles. The van der Waals surface area contributed by atoms with Gasteiger partial charge in [-0.3, -0.25) is 9.48 Å². The van der Waals surface area contributed by atoms with Gasteiger partial charge in [0.1, 0.15) is 11.6 Å². The second-order valence-corrected chi connectivity index (χ2v) is 11.1. The fourth-order valence-electron chi connectivity index (χ4n) is 5.86. The standard InChI is InChI=1S/C29H30ClF2N5O2/c30-24-4-2-1-3-22(24)19-9-12-36(17-19)28(38)23-16-33-37(27(23)18-5-6-18)21-10-13-35(14-11-21)29(39)34-26-8-7-20(31)15-25(26)32/h1-4,7-8,15-16,18-19,21H,5-6,9-14,17H2,(H,34,39). The average Bonchev–Trinajstić information content (AvgIpc) is 3.48. The zero-order valence-corrected chi connectivity index (χ0v) is 22.2. The van der Waals surface area contributed by atoms with E-state index in [0.717, 1.165) is 47.7 Å². The molecule has 204 valence electrons. The molecule has 1 aromatic heterocycles. The molecular formula is C29H30ClF2N5O2. The third kappa shape index (κ3) is 5.24. The molecule has 1 N–H and O–H groups in total. The third-order valence-corrected chi connectivity index (χ3v) is 8.46. The molecular weight excluding hydrogens is 524 g/mol. The summed E-state index contributed by atoms with van der Waals surface area (Å²) in [5.74, 6) is -0.926. The van der Waals surface area contributed by atoms with E-state index in [1.807, 2.05) is 33.8 Å². The minimum absolute atomic E-state index is 0.0239. The average molecular weight is 554 g/mol. The number of benzene rings is 2. The van der Waals surface area contributed by atoms with Gasteiger partial charge in [-0.15, -0.1) is 0 Å². The molecule has 3 aromatic rings. The maximum absolute atomic E-state index is 14.0. The lowest BCUT2D eigenvalue weighted by Gasteiger charge is -2.33. The number of carbonyl (C=O) groups is 2. The van der Waals surface area contributed by atoms with E-state index in [2.05, 4.69) is 10.4 Å². The van der Waals surface area contributed by atoms with E-state index in [1.54, 1.807) is 11.1 Å². The second-order valence-electron chi connectivity index (χ2n) is 10.7. The van der Waals surface area contributed by atoms with Crippen LogP contribution in [0.15, 0.2) is 48.7 Å². The molecule has 1 aliphatic carbocycles. The fourth-order valence-corrected chi connectivity index (χ4v) is 6.15. The molecule has 3 fully saturated rings. The SMILES string of the molecule is O=C(Nc1ccc(F)cc1F)N1CCC(n2ncc(C(=O)N3CCC(c4ccccc4Cl)C3)c2C2CC2)CC1. The molecule has 0 radical (unpaired) electrons. The molecule has 6 rings (SSSR count). The normalized spacial score (nSPS) is 19.9. The van der Waals surface area contributed by atoms with Gasteiger partial charge >= 0.3 is 6.03 Å². The highest BCUT2D eigenvalue weighted by atomic mass is 35.5. The summed E-state index contributed by atoms with van der Waals surface area (Å²) >= 11 is 6.42. The number of rotatable bonds is 5. The molecule has 10 heteroatoms. The van der Waals surface area contributed by atoms with Gasteiger partial charge in [0.25, 0.3) is 5.91 Å². The Morgan fingerprint density at radius 2 is 1.67 bits per heavy atom. The van der Waals surface area contributed by atoms with Gasteiger partial charge in [-0.2, -0.15) is 5.10 Å². The summed E-state index contributed by atoms with van der Waals surface area (Å²) in [7, 11) is 0. The van der Waals surface area contributed by atoms with E-state index >= 15 is 0 Å². The highest BCUT2D eigenvalue weighted by molar-refractivity contribution is 6.31. The van der Waals surface area contributed by atoms with Gasteiger partial charge in [0.2, 0.25) is 0 Å². The lowest BCUT2D eigenvalue weighted by atomic mass is 9.98. The van der Waals surface area contributed by atoms with Crippen LogP contribution in [0.25, 0.3) is 0 Å². The van der Waals surface area contributed by atoms with Crippen molar-refractivity contribution >= 4 is 29.2 Å². The van der Waals surface area contributed by atoms with E-state index in [0.29, 0.717) is 50.5 Å². The Bertz CT molecular complexity index is 1400. The van der Waals surface area contributed by atoms with Crippen molar-refractivity contribution in [1.29, 1.82) is 0 Å². The molecule has 39 heavy (non-hydrogen) atoms. The third-order valence-electron chi connectivity index (χ3n) is 8.12. The van der Waals surface area contributed by atoms with E-state index < -0.39 is 17.7 Å². The number of nitrogens with zero attached hydrogens (tertiary/aromatic N) is 4. The number of hydrogen-bond acceptors (Lipinski definition) is 3. The predicted octanol–water partition coefficient (Wildman–Crippen LogP) is 6.19. The Balaban J connectivity index is 1.12. The molecule has 2 aliphatic heterocycles. The zero-order valence-electron chi connectivity index (χ0n) is 21.5. The number of halogens is 3. The van der Waals surface area contributed by atoms with Crippen LogP contribution in [0, 0.1) is 11.6 Å². The molecule has 3 amide bonds. The van der Waals surface area contributed by atoms with Crippen LogP contribution < -0.4 is 5.32 Å². The van der Waals surface area contributed by atoms with Crippen LogP contribution in [0.2, 0.25) is 5.02 Å². The van der Waals surface area contributed by atoms with Gasteiger partial charge < -0.3 is 15.1 Å². The minimum atomic E-state index is -0.808. The molecule has 0 bridgehead atoms. The summed E-state index contributed by atoms with van der Waals surface area (Å²) < 4.78 is 29.2. The highest BCUT2D eigenvalue weighted by Gasteiger charge is 2.38. The number of nitrogens with one attached hydrogen (secondary N) is 1. The van der Waals surface area contributed by atoms with E-state index in [4.69, 9.17) is 11.6 Å². The summed E-state index contributed by atoms with van der Waals surface area (Å²) in [5.41, 5.74) is 2.74. The summed E-state index contributed by atoms with van der Waals surface area (Å²) in [5, 5.41) is 7.96. The van der Waals surface area contributed by atoms with Crippen LogP contribution in [0.4, 0.5) is 19.3 Å². The summed E-state index contributed by atoms with van der Waals surface area (Å²) in [4.78, 5) is 29.9. The first-order chi connectivity index (χ1) is 18.9. The Labute approximate surface area is 230 Å². The van der Waals surface area contributed by atoms with Crippen molar-refractivity contribution in [1.82, 2.24) is 19.6 Å². The number of urea groups is 1. The maximum Gasteiger partial charge on any atom is 0.321 e. The largest absolute Gasteiger partial charge is 0.338 e. The van der Waals surface area contributed by atoms with Crippen molar-refractivity contribution < 1.29 is 18.4 Å². The molecule has 1 unspecified atom stereocenters. The molecule has 1 atom stereocenters. The number of aromatic nitrogens is 2. The summed E-state index contributed by atoms with van der Waals surface area (Å²) in [6, 6.07) is 10.6. The zero-order chi connectivity index (χ0) is 27.1. The van der Waals surface area contributed by atoms with Crippen molar-refractivity contribution in [2.45, 2.75) is 50.0 Å². The van der Waals surface area contributed by atoms with Crippen molar-refractivity contribution in [3.63, 3.8) is 0 Å². The van der Waals surface area contributed by atoms with E-state index in [-0.39, 0.29) is 23.6 Å². The van der Waals surface area contributed by atoms with E-state index in [9.17, 15) is 18.4 Å². The van der Waals surface area contributed by atoms with Crippen LogP contribution in [-0.2, 0) is 0 Å². The number of hydrogen-bond donors (Lipinski definition) is 1. The van der Waals surface area contributed by atoms with Gasteiger partial charge in [-0.05, 0) is 55.9 Å². The van der Waals surface area contributed by atoms with Gasteiger partial charge in [0.15, 0.2) is 0 Å². The van der Waals surface area contributed by atoms with Gasteiger partial charge in [0, 0.05) is 49.1 Å². The molecule has 0 spiro atoms. The van der Waals surface area contributed by atoms with Crippen LogP contribution in [-0.4, -0.2) is 57.7 Å². The monoisotopic (exact) mass is 553 g/mol. The summed E-state index contributed by atoms with van der Waals surface area (Å²) in [6.45, 7) is 2.27. The minimum Gasteiger partial charge on any atom is -0.338 e. The maximum atomic E-state index is 14.0. The van der Waals surface area contributed by atoms with Crippen LogP contribution in [0.5, 0.6) is 0 Å². The Morgan fingerprint density at radius 1 is 0.923 bits per heavy atom. The smallest absolute Gasteiger partial charge is 0.321 e. The van der Waals surface area contributed by atoms with Crippen LogP contribution in [0.3, 0.4) is 0 Å². The Kier molecular flexibility index (Phi) is 7.01. The quantitative estimate of drug-likeness (QED) is 0.409. The van der Waals surface area contributed by atoms with Gasteiger partial charge in [-0.25, -0.2) is 13.6 Å². The van der Waals surface area contributed by atoms with Crippen molar-refractivity contribution in [2.75, 3.05) is 31.5 Å². The van der Waals surface area contributed by atoms with Crippen molar-refractivity contribution in [3.8, 4) is 0 Å². The Morgan fingerprint density at radius 3 is 2.38 bits per heavy atom. The number of anilines is 1. The highest BCUT2D eigenvalue weighted by Crippen LogP contribution is 2.44. The molecule has 7 nitrogen and oxygen atoms in total. The topological polar surface area (TPSA) is 70.5 Å². The number of carbonyl (C=O) groups excluding carboxylic acids is 2. The van der Waals surface area contributed by atoms with Crippen LogP contribution in [0.1, 0.15) is 71.6 Å². The van der Waals surface area contributed by atoms with Crippen molar-refractivity contribution in [3.05, 3.63) is 82.1 Å². The number of likely N-dealkylation sites (tertiary alicyclic amines) is 2. The lowest BCUT2D eigenvalue weighted by molar-refractivity contribution is 0.0789. The second kappa shape index (κ2) is 10.6. The first kappa shape index (κ1) is 25.8. The first-order valence-electron chi connectivity index (χ1n) is 13.5. The molecule has 2 aromatic carbocycles. The number of piperidine rings is 1. The van der Waals surface area contributed by atoms with E-state index in [1.165, 1.54) is 6.07 Å². The van der Waals surface area contributed by atoms with Crippen molar-refractivity contribution in [2.24, 2.45) is 0 Å².